The van der Waals surface area contributed by atoms with Crippen LogP contribution in [-0.2, 0) is 13.0 Å². The van der Waals surface area contributed by atoms with Gasteiger partial charge >= 0.3 is 0 Å². The fraction of sp³-hybridized carbons (Fsp3) is 0.421. The molecule has 1 saturated heterocycles. The largest absolute Gasteiger partial charge is 0.351 e. The molecule has 1 fully saturated rings. The van der Waals surface area contributed by atoms with Crippen molar-refractivity contribution in [1.82, 2.24) is 20.2 Å². The van der Waals surface area contributed by atoms with E-state index in [0.29, 0.717) is 12.5 Å². The van der Waals surface area contributed by atoms with E-state index < -0.39 is 0 Å². The Morgan fingerprint density at radius 3 is 2.80 bits per heavy atom. The van der Waals surface area contributed by atoms with Gasteiger partial charge in [-0.05, 0) is 37.3 Å². The average molecular weight is 451 g/mol. The molecule has 0 saturated carbocycles. The van der Waals surface area contributed by atoms with Crippen molar-refractivity contribution < 1.29 is 0 Å². The van der Waals surface area contributed by atoms with Crippen molar-refractivity contribution in [2.75, 3.05) is 20.1 Å². The van der Waals surface area contributed by atoms with Crippen LogP contribution in [0.4, 0.5) is 0 Å². The summed E-state index contributed by atoms with van der Waals surface area (Å²) in [5, 5.41) is 3.42. The Morgan fingerprint density at radius 2 is 2.08 bits per heavy atom. The Hall–Kier alpha value is -1.70. The lowest BCUT2D eigenvalue weighted by Crippen LogP contribution is -2.39. The highest BCUT2D eigenvalue weighted by atomic mass is 127. The van der Waals surface area contributed by atoms with E-state index in [2.05, 4.69) is 55.5 Å². The number of benzene rings is 1. The number of halogens is 1. The van der Waals surface area contributed by atoms with Crippen LogP contribution >= 0.6 is 24.0 Å². The van der Waals surface area contributed by atoms with Crippen LogP contribution in [-0.4, -0.2) is 41.0 Å². The predicted molar refractivity (Wildman–Crippen MR) is 112 cm³/mol. The first-order valence-corrected chi connectivity index (χ1v) is 8.52. The van der Waals surface area contributed by atoms with Gasteiger partial charge in [0.25, 0.3) is 0 Å². The van der Waals surface area contributed by atoms with Gasteiger partial charge in [-0.3, -0.25) is 4.99 Å². The predicted octanol–water partition coefficient (Wildman–Crippen LogP) is 3.04. The Balaban J connectivity index is 0.00000225. The van der Waals surface area contributed by atoms with Gasteiger partial charge in [0.2, 0.25) is 0 Å². The first kappa shape index (κ1) is 19.6. The second-order valence-corrected chi connectivity index (χ2v) is 6.29. The van der Waals surface area contributed by atoms with Gasteiger partial charge < -0.3 is 10.2 Å². The Morgan fingerprint density at radius 1 is 1.28 bits per heavy atom. The van der Waals surface area contributed by atoms with Crippen molar-refractivity contribution in [3.05, 3.63) is 59.7 Å². The number of hydrogen-bond donors (Lipinski definition) is 1. The molecule has 0 amide bonds. The molecule has 1 aromatic heterocycles. The molecule has 0 radical (unpaired) electrons. The summed E-state index contributed by atoms with van der Waals surface area (Å²) in [5.74, 6) is 2.45. The number of rotatable bonds is 4. The third-order valence-electron chi connectivity index (χ3n) is 4.43. The Bertz CT molecular complexity index is 689. The smallest absolute Gasteiger partial charge is 0.193 e. The SMILES string of the molecule is CN=C(NCc1ccnc(C)n1)N1CCC(Cc2ccccc2)C1.I. The third-order valence-corrected chi connectivity index (χ3v) is 4.43. The van der Waals surface area contributed by atoms with Gasteiger partial charge in [-0.1, -0.05) is 30.3 Å². The van der Waals surface area contributed by atoms with Gasteiger partial charge in [-0.15, -0.1) is 24.0 Å². The zero-order chi connectivity index (χ0) is 16.8. The van der Waals surface area contributed by atoms with Gasteiger partial charge in [-0.2, -0.15) is 0 Å². The molecule has 134 valence electrons. The minimum Gasteiger partial charge on any atom is -0.351 e. The summed E-state index contributed by atoms with van der Waals surface area (Å²) in [5.41, 5.74) is 2.41. The topological polar surface area (TPSA) is 53.4 Å². The summed E-state index contributed by atoms with van der Waals surface area (Å²) < 4.78 is 0. The van der Waals surface area contributed by atoms with Crippen LogP contribution in [0.3, 0.4) is 0 Å². The van der Waals surface area contributed by atoms with Crippen molar-refractivity contribution in [3.63, 3.8) is 0 Å². The first-order valence-electron chi connectivity index (χ1n) is 8.52. The second-order valence-electron chi connectivity index (χ2n) is 6.29. The number of nitrogens with zero attached hydrogens (tertiary/aromatic N) is 4. The Kier molecular flexibility index (Phi) is 7.61. The number of likely N-dealkylation sites (tertiary alicyclic amines) is 1. The molecule has 25 heavy (non-hydrogen) atoms. The monoisotopic (exact) mass is 451 g/mol. The highest BCUT2D eigenvalue weighted by Gasteiger charge is 2.24. The summed E-state index contributed by atoms with van der Waals surface area (Å²) >= 11 is 0. The van der Waals surface area contributed by atoms with Crippen molar-refractivity contribution >= 4 is 29.9 Å². The molecule has 3 rings (SSSR count). The van der Waals surface area contributed by atoms with Gasteiger partial charge in [0, 0.05) is 26.3 Å². The molecular weight excluding hydrogens is 425 g/mol. The molecule has 2 aromatic rings. The molecule has 6 heteroatoms. The van der Waals surface area contributed by atoms with Crippen LogP contribution < -0.4 is 5.32 Å². The lowest BCUT2D eigenvalue weighted by molar-refractivity contribution is 0.459. The number of hydrogen-bond acceptors (Lipinski definition) is 3. The number of nitrogens with one attached hydrogen (secondary N) is 1. The van der Waals surface area contributed by atoms with E-state index >= 15 is 0 Å². The van der Waals surface area contributed by atoms with Crippen molar-refractivity contribution in [2.24, 2.45) is 10.9 Å². The summed E-state index contributed by atoms with van der Waals surface area (Å²) in [6, 6.07) is 12.7. The van der Waals surface area contributed by atoms with Crippen LogP contribution in [0.2, 0.25) is 0 Å². The fourth-order valence-corrected chi connectivity index (χ4v) is 3.24. The van der Waals surface area contributed by atoms with Crippen molar-refractivity contribution in [1.29, 1.82) is 0 Å². The molecule has 0 spiro atoms. The molecule has 1 aliphatic heterocycles. The zero-order valence-electron chi connectivity index (χ0n) is 14.9. The van der Waals surface area contributed by atoms with Crippen molar-refractivity contribution in [3.8, 4) is 0 Å². The molecular formula is C19H26IN5. The van der Waals surface area contributed by atoms with Crippen molar-refractivity contribution in [2.45, 2.75) is 26.3 Å². The molecule has 1 atom stereocenters. The summed E-state index contributed by atoms with van der Waals surface area (Å²) in [6.07, 6.45) is 4.15. The van der Waals surface area contributed by atoms with Gasteiger partial charge in [-0.25, -0.2) is 9.97 Å². The molecule has 0 aliphatic carbocycles. The lowest BCUT2D eigenvalue weighted by Gasteiger charge is -2.21. The van der Waals surface area contributed by atoms with E-state index in [-0.39, 0.29) is 24.0 Å². The Labute approximate surface area is 167 Å². The lowest BCUT2D eigenvalue weighted by atomic mass is 9.99. The molecule has 1 aliphatic rings. The average Bonchev–Trinajstić information content (AvgIpc) is 3.05. The van der Waals surface area contributed by atoms with E-state index in [1.54, 1.807) is 6.20 Å². The molecule has 1 aromatic carbocycles. The van der Waals surface area contributed by atoms with Crippen LogP contribution in [0.1, 0.15) is 23.5 Å². The normalized spacial score (nSPS) is 17.3. The minimum atomic E-state index is 0. The van der Waals surface area contributed by atoms with Gasteiger partial charge in [0.05, 0.1) is 12.2 Å². The minimum absolute atomic E-state index is 0. The zero-order valence-corrected chi connectivity index (χ0v) is 17.2. The quantitative estimate of drug-likeness (QED) is 0.441. The van der Waals surface area contributed by atoms with E-state index in [9.17, 15) is 0 Å². The van der Waals surface area contributed by atoms with Gasteiger partial charge in [0.1, 0.15) is 5.82 Å². The molecule has 2 heterocycles. The summed E-state index contributed by atoms with van der Waals surface area (Å²) in [7, 11) is 1.85. The van der Waals surface area contributed by atoms with Gasteiger partial charge in [0.15, 0.2) is 5.96 Å². The highest BCUT2D eigenvalue weighted by Crippen LogP contribution is 2.20. The fourth-order valence-electron chi connectivity index (χ4n) is 3.24. The number of aliphatic imine (C=N–C) groups is 1. The van der Waals surface area contributed by atoms with E-state index in [1.165, 1.54) is 12.0 Å². The summed E-state index contributed by atoms with van der Waals surface area (Å²) in [4.78, 5) is 15.4. The third kappa shape index (κ3) is 5.66. The highest BCUT2D eigenvalue weighted by molar-refractivity contribution is 14.0. The summed E-state index contributed by atoms with van der Waals surface area (Å²) in [6.45, 7) is 4.69. The first-order chi connectivity index (χ1) is 11.7. The molecule has 5 nitrogen and oxygen atoms in total. The van der Waals surface area contributed by atoms with E-state index in [1.807, 2.05) is 20.0 Å². The van der Waals surface area contributed by atoms with Crippen LogP contribution in [0, 0.1) is 12.8 Å². The molecule has 0 bridgehead atoms. The van der Waals surface area contributed by atoms with Crippen LogP contribution in [0.5, 0.6) is 0 Å². The number of aromatic nitrogens is 2. The maximum Gasteiger partial charge on any atom is 0.193 e. The maximum atomic E-state index is 4.44. The van der Waals surface area contributed by atoms with Crippen LogP contribution in [0.15, 0.2) is 47.6 Å². The van der Waals surface area contributed by atoms with Crippen LogP contribution in [0.25, 0.3) is 0 Å². The molecule has 1 unspecified atom stereocenters. The maximum absolute atomic E-state index is 4.44. The second kappa shape index (κ2) is 9.70. The standard InChI is InChI=1S/C19H25N5.HI/c1-15-21-10-8-18(23-15)13-22-19(20-2)24-11-9-17(14-24)12-16-6-4-3-5-7-16;/h3-8,10,17H,9,11-14H2,1-2H3,(H,20,22);1H. The van der Waals surface area contributed by atoms with E-state index in [4.69, 9.17) is 0 Å². The number of guanidine groups is 1. The number of aryl methyl sites for hydroxylation is 1. The molecule has 1 N–H and O–H groups in total. The van der Waals surface area contributed by atoms with E-state index in [0.717, 1.165) is 37.0 Å².